The zero-order valence-electron chi connectivity index (χ0n) is 18.0. The molecule has 4 heterocycles. The molecule has 0 aliphatic carbocycles. The largest absolute Gasteiger partial charge is 0.382 e. The van der Waals surface area contributed by atoms with Crippen molar-refractivity contribution in [2.24, 2.45) is 0 Å². The zero-order chi connectivity index (χ0) is 22.4. The van der Waals surface area contributed by atoms with Gasteiger partial charge in [0, 0.05) is 44.1 Å². The number of benzene rings is 1. The Bertz CT molecular complexity index is 1370. The van der Waals surface area contributed by atoms with Gasteiger partial charge < -0.3 is 20.5 Å². The van der Waals surface area contributed by atoms with Crippen molar-refractivity contribution in [3.8, 4) is 23.7 Å². The van der Waals surface area contributed by atoms with Crippen LogP contribution < -0.4 is 5.73 Å². The van der Waals surface area contributed by atoms with E-state index in [0.29, 0.717) is 30.1 Å². The number of carbonyl (C=O) groups excluding carboxylic acids is 1. The molecule has 1 fully saturated rings. The van der Waals surface area contributed by atoms with Crippen molar-refractivity contribution >= 4 is 28.3 Å². The van der Waals surface area contributed by atoms with Gasteiger partial charge in [0.15, 0.2) is 5.82 Å². The van der Waals surface area contributed by atoms with Gasteiger partial charge >= 0.3 is 6.03 Å². The van der Waals surface area contributed by atoms with Crippen LogP contribution in [-0.4, -0.2) is 67.6 Å². The molecule has 0 saturated carbocycles. The summed E-state index contributed by atoms with van der Waals surface area (Å²) in [6.45, 7) is 1.34. The van der Waals surface area contributed by atoms with Crippen molar-refractivity contribution in [3.63, 3.8) is 0 Å². The number of urea groups is 1. The number of likely N-dealkylation sites (tertiary alicyclic amines) is 1. The molecule has 3 aromatic heterocycles. The molecule has 3 N–H and O–H groups in total. The van der Waals surface area contributed by atoms with Crippen LogP contribution in [0.2, 0.25) is 0 Å². The summed E-state index contributed by atoms with van der Waals surface area (Å²) in [6, 6.07) is 7.90. The van der Waals surface area contributed by atoms with E-state index < -0.39 is 0 Å². The number of nitrogens with one attached hydrogen (secondary N) is 1. The Morgan fingerprint density at radius 3 is 2.81 bits per heavy atom. The second kappa shape index (κ2) is 7.57. The second-order valence-corrected chi connectivity index (χ2v) is 8.26. The molecule has 4 aromatic rings. The average molecular weight is 429 g/mol. The first-order chi connectivity index (χ1) is 15.5. The van der Waals surface area contributed by atoms with Gasteiger partial charge in [0.2, 0.25) is 0 Å². The molecule has 32 heavy (non-hydrogen) atoms. The molecule has 0 atom stereocenters. The summed E-state index contributed by atoms with van der Waals surface area (Å²) in [5.74, 6) is 4.07. The number of aromatic amines is 1. The number of carbonyl (C=O) groups is 1. The number of para-hydroxylation sites is 1. The fourth-order valence-electron chi connectivity index (χ4n) is 4.45. The Balaban J connectivity index is 1.57. The number of hydrogen-bond donors (Lipinski definition) is 2. The van der Waals surface area contributed by atoms with Gasteiger partial charge in [-0.3, -0.25) is 0 Å². The molecule has 1 aromatic carbocycles. The predicted octanol–water partition coefficient (Wildman–Crippen LogP) is 2.70. The summed E-state index contributed by atoms with van der Waals surface area (Å²) in [5.41, 5.74) is 10.1. The minimum absolute atomic E-state index is 0.0334. The van der Waals surface area contributed by atoms with Crippen LogP contribution in [0.15, 0.2) is 30.6 Å². The van der Waals surface area contributed by atoms with Gasteiger partial charge in [-0.1, -0.05) is 18.1 Å². The van der Waals surface area contributed by atoms with Crippen LogP contribution in [0.1, 0.15) is 30.1 Å². The van der Waals surface area contributed by atoms with Crippen LogP contribution in [0.25, 0.3) is 27.8 Å². The van der Waals surface area contributed by atoms with E-state index in [0.717, 1.165) is 40.8 Å². The molecular weight excluding hydrogens is 404 g/mol. The van der Waals surface area contributed by atoms with Crippen LogP contribution >= 0.6 is 0 Å². The van der Waals surface area contributed by atoms with Crippen molar-refractivity contribution < 1.29 is 4.79 Å². The Morgan fingerprint density at radius 1 is 1.31 bits per heavy atom. The van der Waals surface area contributed by atoms with Crippen molar-refractivity contribution in [3.05, 3.63) is 42.0 Å². The Labute approximate surface area is 185 Å². The molecule has 0 bridgehead atoms. The number of H-pyrrole nitrogens is 1. The van der Waals surface area contributed by atoms with Crippen molar-refractivity contribution in [1.29, 1.82) is 0 Å². The Hall–Kier alpha value is -4.06. The highest BCUT2D eigenvalue weighted by Gasteiger charge is 2.29. The van der Waals surface area contributed by atoms with Gasteiger partial charge in [-0.2, -0.15) is 5.10 Å². The first kappa shape index (κ1) is 19.9. The number of fused-ring (bicyclic) bond motifs is 2. The number of nitrogen functional groups attached to an aromatic ring is 1. The quantitative estimate of drug-likeness (QED) is 0.477. The van der Waals surface area contributed by atoms with Crippen molar-refractivity contribution in [2.45, 2.75) is 18.8 Å². The summed E-state index contributed by atoms with van der Waals surface area (Å²) in [6.07, 6.45) is 8.72. The zero-order valence-corrected chi connectivity index (χ0v) is 18.0. The second-order valence-electron chi connectivity index (χ2n) is 8.26. The number of aromatic nitrogens is 5. The smallest absolute Gasteiger partial charge is 0.319 e. The monoisotopic (exact) mass is 428 g/mol. The lowest BCUT2D eigenvalue weighted by molar-refractivity contribution is 0.155. The molecule has 1 aliphatic rings. The maximum absolute atomic E-state index is 12.3. The van der Waals surface area contributed by atoms with E-state index >= 15 is 0 Å². The normalized spacial score (nSPS) is 14.7. The maximum atomic E-state index is 12.3. The number of imidazole rings is 1. The average Bonchev–Trinajstić information content (AvgIpc) is 3.41. The van der Waals surface area contributed by atoms with Crippen molar-refractivity contribution in [2.75, 3.05) is 32.9 Å². The topological polar surface area (TPSA) is 108 Å². The van der Waals surface area contributed by atoms with E-state index in [9.17, 15) is 4.79 Å². The minimum Gasteiger partial charge on any atom is -0.382 e. The molecule has 5 rings (SSSR count). The van der Waals surface area contributed by atoms with Gasteiger partial charge in [0.1, 0.15) is 23.4 Å². The third kappa shape index (κ3) is 3.12. The van der Waals surface area contributed by atoms with E-state index in [1.165, 1.54) is 6.33 Å². The fraction of sp³-hybridized carbons (Fsp3) is 0.304. The minimum atomic E-state index is 0.0334. The van der Waals surface area contributed by atoms with E-state index in [2.05, 4.69) is 21.0 Å². The third-order valence-electron chi connectivity index (χ3n) is 6.07. The lowest BCUT2D eigenvalue weighted by Crippen LogP contribution is -2.43. The molecule has 0 radical (unpaired) electrons. The van der Waals surface area contributed by atoms with Crippen LogP contribution in [0.5, 0.6) is 0 Å². The number of amides is 2. The van der Waals surface area contributed by atoms with Gasteiger partial charge in [-0.25, -0.2) is 19.3 Å². The number of anilines is 1. The molecule has 1 saturated heterocycles. The number of piperidine rings is 1. The summed E-state index contributed by atoms with van der Waals surface area (Å²) in [4.78, 5) is 28.4. The van der Waals surface area contributed by atoms with Crippen LogP contribution in [0.4, 0.5) is 10.6 Å². The summed E-state index contributed by atoms with van der Waals surface area (Å²) in [5, 5.41) is 5.47. The van der Waals surface area contributed by atoms with Gasteiger partial charge in [0.05, 0.1) is 11.2 Å². The number of rotatable bonds is 2. The van der Waals surface area contributed by atoms with Gasteiger partial charge in [-0.15, -0.1) is 6.42 Å². The fourth-order valence-corrected chi connectivity index (χ4v) is 4.45. The van der Waals surface area contributed by atoms with E-state index in [-0.39, 0.29) is 11.9 Å². The number of nitrogens with zero attached hydrogens (tertiary/aromatic N) is 6. The molecule has 9 nitrogen and oxygen atoms in total. The van der Waals surface area contributed by atoms with Crippen LogP contribution in [0.3, 0.4) is 0 Å². The molecule has 2 amide bonds. The van der Waals surface area contributed by atoms with Crippen molar-refractivity contribution in [1.82, 2.24) is 34.4 Å². The molecule has 162 valence electrons. The molecule has 9 heteroatoms. The van der Waals surface area contributed by atoms with E-state index in [1.807, 2.05) is 29.2 Å². The molecular formula is C23H24N8O. The Kier molecular flexibility index (Phi) is 4.70. The van der Waals surface area contributed by atoms with E-state index in [1.54, 1.807) is 23.5 Å². The number of nitrogens with two attached hydrogens (primary N) is 1. The lowest BCUT2D eigenvalue weighted by atomic mass is 9.96. The highest BCUT2D eigenvalue weighted by molar-refractivity contribution is 5.93. The SMILES string of the molecule is C#Cc1cccc2cc(-c3nc(C4CCN(C(=O)N(C)C)CC4)n4ncnc(N)c34)[nH]c12. The Morgan fingerprint density at radius 2 is 2.09 bits per heavy atom. The highest BCUT2D eigenvalue weighted by Crippen LogP contribution is 2.35. The predicted molar refractivity (Wildman–Crippen MR) is 123 cm³/mol. The number of hydrogen-bond acceptors (Lipinski definition) is 5. The van der Waals surface area contributed by atoms with Gasteiger partial charge in [0.25, 0.3) is 0 Å². The maximum Gasteiger partial charge on any atom is 0.319 e. The first-order valence-electron chi connectivity index (χ1n) is 10.5. The van der Waals surface area contributed by atoms with Crippen LogP contribution in [-0.2, 0) is 0 Å². The number of terminal acetylenes is 1. The standard InChI is InChI=1S/C23H24N8O/c1-4-14-6-5-7-16-12-17(27-18(14)16)19-20-21(24)25-13-26-31(20)22(28-19)15-8-10-30(11-9-15)23(32)29(2)3/h1,5-7,12-13,15,27H,8-11H2,2-3H3,(H2,24,25,26). The third-order valence-corrected chi connectivity index (χ3v) is 6.07. The first-order valence-corrected chi connectivity index (χ1v) is 10.5. The summed E-state index contributed by atoms with van der Waals surface area (Å²) in [7, 11) is 3.54. The lowest BCUT2D eigenvalue weighted by Gasteiger charge is -2.33. The highest BCUT2D eigenvalue weighted by atomic mass is 16.2. The van der Waals surface area contributed by atoms with E-state index in [4.69, 9.17) is 17.1 Å². The molecule has 0 spiro atoms. The summed E-state index contributed by atoms with van der Waals surface area (Å²) < 4.78 is 1.79. The molecule has 0 unspecified atom stereocenters. The molecule has 1 aliphatic heterocycles. The van der Waals surface area contributed by atoms with Crippen LogP contribution in [0, 0.1) is 12.3 Å². The van der Waals surface area contributed by atoms with Gasteiger partial charge in [-0.05, 0) is 25.0 Å². The summed E-state index contributed by atoms with van der Waals surface area (Å²) >= 11 is 0.